The number of aromatic nitrogens is 2. The molecule has 1 aromatic heterocycles. The quantitative estimate of drug-likeness (QED) is 0.659. The summed E-state index contributed by atoms with van der Waals surface area (Å²) in [6.07, 6.45) is -4.40. The number of para-hydroxylation sites is 2. The second-order valence-electron chi connectivity index (χ2n) is 5.38. The van der Waals surface area contributed by atoms with Crippen LogP contribution in [0.2, 0.25) is 0 Å². The molecular formula is C17H14F3N3OS. The highest BCUT2D eigenvalue weighted by Crippen LogP contribution is 2.30. The molecule has 0 aliphatic carbocycles. The average Bonchev–Trinajstić information content (AvgIpc) is 2.96. The van der Waals surface area contributed by atoms with Gasteiger partial charge in [0.05, 0.1) is 21.8 Å². The van der Waals surface area contributed by atoms with Gasteiger partial charge in [-0.25, -0.2) is 4.98 Å². The third-order valence-corrected chi connectivity index (χ3v) is 4.49. The van der Waals surface area contributed by atoms with E-state index in [4.69, 9.17) is 0 Å². The number of carbonyl (C=O) groups is 1. The van der Waals surface area contributed by atoms with E-state index < -0.39 is 17.0 Å². The first kappa shape index (κ1) is 17.3. The molecule has 4 nitrogen and oxygen atoms in total. The molecule has 25 heavy (non-hydrogen) atoms. The van der Waals surface area contributed by atoms with Crippen LogP contribution in [0.4, 0.5) is 18.9 Å². The first-order valence-electron chi connectivity index (χ1n) is 7.42. The van der Waals surface area contributed by atoms with Crippen molar-refractivity contribution in [2.24, 2.45) is 0 Å². The lowest BCUT2D eigenvalue weighted by Crippen LogP contribution is -2.22. The predicted molar refractivity (Wildman–Crippen MR) is 91.5 cm³/mol. The van der Waals surface area contributed by atoms with Crippen molar-refractivity contribution in [3.63, 3.8) is 0 Å². The minimum Gasteiger partial charge on any atom is -0.333 e. The van der Waals surface area contributed by atoms with Crippen molar-refractivity contribution in [2.45, 2.75) is 23.5 Å². The molecule has 2 N–H and O–H groups in total. The normalized spacial score (nSPS) is 13.0. The maximum atomic E-state index is 12.5. The van der Waals surface area contributed by atoms with E-state index >= 15 is 0 Å². The lowest BCUT2D eigenvalue weighted by molar-refractivity contribution is -0.137. The number of nitrogens with zero attached hydrogens (tertiary/aromatic N) is 1. The van der Waals surface area contributed by atoms with E-state index in [1.165, 1.54) is 23.9 Å². The number of carbonyl (C=O) groups excluding carboxylic acids is 1. The fourth-order valence-electron chi connectivity index (χ4n) is 2.19. The van der Waals surface area contributed by atoms with Crippen LogP contribution in [0.5, 0.6) is 0 Å². The van der Waals surface area contributed by atoms with E-state index in [2.05, 4.69) is 15.3 Å². The van der Waals surface area contributed by atoms with E-state index in [1.807, 2.05) is 24.3 Å². The highest BCUT2D eigenvalue weighted by atomic mass is 32.2. The number of imidazole rings is 1. The Labute approximate surface area is 145 Å². The second kappa shape index (κ2) is 6.79. The van der Waals surface area contributed by atoms with Gasteiger partial charge in [-0.15, -0.1) is 0 Å². The van der Waals surface area contributed by atoms with Gasteiger partial charge in [0.15, 0.2) is 5.16 Å². The third kappa shape index (κ3) is 4.14. The molecule has 0 aliphatic heterocycles. The number of halogens is 3. The molecule has 0 fully saturated rings. The monoisotopic (exact) mass is 365 g/mol. The Morgan fingerprint density at radius 2 is 1.84 bits per heavy atom. The zero-order valence-electron chi connectivity index (χ0n) is 13.1. The summed E-state index contributed by atoms with van der Waals surface area (Å²) in [4.78, 5) is 19.7. The fourth-order valence-corrected chi connectivity index (χ4v) is 3.01. The van der Waals surface area contributed by atoms with Gasteiger partial charge in [-0.3, -0.25) is 4.79 Å². The number of amides is 1. The lowest BCUT2D eigenvalue weighted by atomic mass is 10.2. The standard InChI is InChI=1S/C17H14F3N3OS/c1-10(25-16-22-13-4-2-3-5-14(13)23-16)15(24)21-12-8-6-11(7-9-12)17(18,19)20/h2-10H,1H3,(H,21,24)(H,22,23). The highest BCUT2D eigenvalue weighted by molar-refractivity contribution is 8.00. The lowest BCUT2D eigenvalue weighted by Gasteiger charge is -2.12. The molecule has 1 heterocycles. The van der Waals surface area contributed by atoms with Crippen LogP contribution in [0.3, 0.4) is 0 Å². The van der Waals surface area contributed by atoms with Crippen LogP contribution < -0.4 is 5.32 Å². The molecule has 0 saturated heterocycles. The molecule has 2 aromatic carbocycles. The first-order chi connectivity index (χ1) is 11.8. The Balaban J connectivity index is 1.64. The SMILES string of the molecule is CC(Sc1nc2ccccc2[nH]1)C(=O)Nc1ccc(C(F)(F)F)cc1. The van der Waals surface area contributed by atoms with Gasteiger partial charge in [0.1, 0.15) is 0 Å². The molecule has 0 saturated carbocycles. The van der Waals surface area contributed by atoms with Gasteiger partial charge >= 0.3 is 6.18 Å². The van der Waals surface area contributed by atoms with Crippen molar-refractivity contribution < 1.29 is 18.0 Å². The summed E-state index contributed by atoms with van der Waals surface area (Å²) >= 11 is 1.25. The van der Waals surface area contributed by atoms with Crippen molar-refractivity contribution in [2.75, 3.05) is 5.32 Å². The number of hydrogen-bond donors (Lipinski definition) is 2. The van der Waals surface area contributed by atoms with Crippen LogP contribution in [0.1, 0.15) is 12.5 Å². The number of alkyl halides is 3. The molecule has 1 amide bonds. The van der Waals surface area contributed by atoms with E-state index in [0.29, 0.717) is 10.8 Å². The van der Waals surface area contributed by atoms with Crippen molar-refractivity contribution in [1.82, 2.24) is 9.97 Å². The molecule has 1 unspecified atom stereocenters. The van der Waals surface area contributed by atoms with Crippen molar-refractivity contribution in [3.8, 4) is 0 Å². The Hall–Kier alpha value is -2.48. The average molecular weight is 365 g/mol. The van der Waals surface area contributed by atoms with Gasteiger partial charge in [0, 0.05) is 5.69 Å². The summed E-state index contributed by atoms with van der Waals surface area (Å²) in [5.41, 5.74) is 1.24. The molecule has 3 rings (SSSR count). The Kier molecular flexibility index (Phi) is 4.71. The maximum Gasteiger partial charge on any atom is 0.416 e. The molecule has 1 atom stereocenters. The molecule has 0 spiro atoms. The van der Waals surface area contributed by atoms with Crippen molar-refractivity contribution >= 4 is 34.4 Å². The predicted octanol–water partition coefficient (Wildman–Crippen LogP) is 4.70. The molecular weight excluding hydrogens is 351 g/mol. The summed E-state index contributed by atoms with van der Waals surface area (Å²) in [7, 11) is 0. The highest BCUT2D eigenvalue weighted by Gasteiger charge is 2.30. The molecule has 0 aliphatic rings. The Morgan fingerprint density at radius 3 is 2.48 bits per heavy atom. The number of fused-ring (bicyclic) bond motifs is 1. The third-order valence-electron chi connectivity index (χ3n) is 3.51. The number of rotatable bonds is 4. The topological polar surface area (TPSA) is 57.8 Å². The molecule has 0 radical (unpaired) electrons. The van der Waals surface area contributed by atoms with Crippen LogP contribution in [-0.2, 0) is 11.0 Å². The minimum atomic E-state index is -4.40. The summed E-state index contributed by atoms with van der Waals surface area (Å²) in [5.74, 6) is -0.315. The van der Waals surface area contributed by atoms with Crippen LogP contribution in [0.25, 0.3) is 11.0 Å². The van der Waals surface area contributed by atoms with E-state index in [1.54, 1.807) is 6.92 Å². The van der Waals surface area contributed by atoms with Gasteiger partial charge in [0.2, 0.25) is 5.91 Å². The maximum absolute atomic E-state index is 12.5. The van der Waals surface area contributed by atoms with E-state index in [9.17, 15) is 18.0 Å². The van der Waals surface area contributed by atoms with Crippen LogP contribution >= 0.6 is 11.8 Å². The number of H-pyrrole nitrogens is 1. The largest absolute Gasteiger partial charge is 0.416 e. The van der Waals surface area contributed by atoms with Gasteiger partial charge in [0.25, 0.3) is 0 Å². The molecule has 0 bridgehead atoms. The number of benzene rings is 2. The number of hydrogen-bond acceptors (Lipinski definition) is 3. The summed E-state index contributed by atoms with van der Waals surface area (Å²) in [6.45, 7) is 1.71. The van der Waals surface area contributed by atoms with Gasteiger partial charge in [-0.1, -0.05) is 23.9 Å². The molecule has 8 heteroatoms. The number of anilines is 1. The first-order valence-corrected chi connectivity index (χ1v) is 8.30. The van der Waals surface area contributed by atoms with Crippen LogP contribution in [0.15, 0.2) is 53.7 Å². The van der Waals surface area contributed by atoms with Crippen LogP contribution in [-0.4, -0.2) is 21.1 Å². The van der Waals surface area contributed by atoms with E-state index in [0.717, 1.165) is 23.2 Å². The second-order valence-corrected chi connectivity index (χ2v) is 6.71. The Morgan fingerprint density at radius 1 is 1.16 bits per heavy atom. The van der Waals surface area contributed by atoms with Gasteiger partial charge < -0.3 is 10.3 Å². The molecule has 3 aromatic rings. The van der Waals surface area contributed by atoms with Gasteiger partial charge in [-0.2, -0.15) is 13.2 Å². The fraction of sp³-hybridized carbons (Fsp3) is 0.176. The smallest absolute Gasteiger partial charge is 0.333 e. The minimum absolute atomic E-state index is 0.315. The summed E-state index contributed by atoms with van der Waals surface area (Å²) in [5, 5.41) is 2.74. The molecule has 130 valence electrons. The number of aromatic amines is 1. The number of nitrogens with one attached hydrogen (secondary N) is 2. The summed E-state index contributed by atoms with van der Waals surface area (Å²) < 4.78 is 37.6. The zero-order valence-corrected chi connectivity index (χ0v) is 13.9. The van der Waals surface area contributed by atoms with Crippen molar-refractivity contribution in [1.29, 1.82) is 0 Å². The van der Waals surface area contributed by atoms with Crippen molar-refractivity contribution in [3.05, 3.63) is 54.1 Å². The van der Waals surface area contributed by atoms with Crippen LogP contribution in [0, 0.1) is 0 Å². The van der Waals surface area contributed by atoms with E-state index in [-0.39, 0.29) is 5.91 Å². The Bertz CT molecular complexity index is 857. The summed E-state index contributed by atoms with van der Waals surface area (Å²) in [6, 6.07) is 11.9. The number of thioether (sulfide) groups is 1. The zero-order chi connectivity index (χ0) is 18.0. The van der Waals surface area contributed by atoms with Gasteiger partial charge in [-0.05, 0) is 43.3 Å².